The molecule has 1 aromatic carbocycles. The van der Waals surface area contributed by atoms with Crippen LogP contribution in [0.1, 0.15) is 29.8 Å². The quantitative estimate of drug-likeness (QED) is 0.785. The molecular formula is C21H25N3O4S. The number of nitrogens with one attached hydrogen (secondary N) is 1. The molecule has 1 saturated heterocycles. The summed E-state index contributed by atoms with van der Waals surface area (Å²) in [5.74, 6) is 1.56. The Morgan fingerprint density at radius 3 is 2.66 bits per heavy atom. The molecule has 1 fully saturated rings. The summed E-state index contributed by atoms with van der Waals surface area (Å²) in [6.07, 6.45) is 0.294. The van der Waals surface area contributed by atoms with Gasteiger partial charge in [-0.1, -0.05) is 12.1 Å². The molecule has 2 aliphatic heterocycles. The lowest BCUT2D eigenvalue weighted by molar-refractivity contribution is -0.133. The van der Waals surface area contributed by atoms with Gasteiger partial charge in [0.05, 0.1) is 12.5 Å². The maximum atomic E-state index is 12.8. The van der Waals surface area contributed by atoms with Crippen molar-refractivity contribution >= 4 is 23.2 Å². The Balaban J connectivity index is 1.29. The Hall–Kier alpha value is -2.58. The number of thiophene rings is 1. The van der Waals surface area contributed by atoms with Crippen LogP contribution in [0.15, 0.2) is 35.7 Å². The van der Waals surface area contributed by atoms with Crippen LogP contribution in [0.5, 0.6) is 11.5 Å². The number of ether oxygens (including phenoxy) is 2. The van der Waals surface area contributed by atoms with Crippen molar-refractivity contribution in [2.75, 3.05) is 33.0 Å². The summed E-state index contributed by atoms with van der Waals surface area (Å²) >= 11 is 1.56. The topological polar surface area (TPSA) is 71.1 Å². The minimum absolute atomic E-state index is 0.0832. The van der Waals surface area contributed by atoms with Gasteiger partial charge in [-0.05, 0) is 29.1 Å². The van der Waals surface area contributed by atoms with E-state index in [0.29, 0.717) is 19.5 Å². The number of piperazine rings is 1. The Bertz CT molecular complexity index is 863. The Kier molecular flexibility index (Phi) is 6.01. The van der Waals surface area contributed by atoms with E-state index in [1.54, 1.807) is 11.3 Å². The highest BCUT2D eigenvalue weighted by Crippen LogP contribution is 2.33. The lowest BCUT2D eigenvalue weighted by Crippen LogP contribution is -2.49. The maximum Gasteiger partial charge on any atom is 0.231 e. The van der Waals surface area contributed by atoms with Gasteiger partial charge in [0.1, 0.15) is 0 Å². The Labute approximate surface area is 174 Å². The Morgan fingerprint density at radius 1 is 1.14 bits per heavy atom. The number of hydrogen-bond donors (Lipinski definition) is 1. The molecule has 7 nitrogen and oxygen atoms in total. The number of rotatable bonds is 6. The smallest absolute Gasteiger partial charge is 0.231 e. The lowest BCUT2D eigenvalue weighted by Gasteiger charge is -2.35. The molecule has 2 aliphatic rings. The normalized spacial score (nSPS) is 17.2. The van der Waals surface area contributed by atoms with Crippen molar-refractivity contribution < 1.29 is 19.1 Å². The van der Waals surface area contributed by atoms with Crippen molar-refractivity contribution in [3.8, 4) is 11.5 Å². The van der Waals surface area contributed by atoms with Crippen LogP contribution in [0.4, 0.5) is 0 Å². The van der Waals surface area contributed by atoms with Gasteiger partial charge >= 0.3 is 0 Å². The van der Waals surface area contributed by atoms with E-state index in [9.17, 15) is 9.59 Å². The van der Waals surface area contributed by atoms with E-state index in [-0.39, 0.29) is 24.6 Å². The highest BCUT2D eigenvalue weighted by atomic mass is 32.1. The van der Waals surface area contributed by atoms with E-state index in [2.05, 4.69) is 16.3 Å². The number of hydrogen-bond acceptors (Lipinski definition) is 6. The summed E-state index contributed by atoms with van der Waals surface area (Å²) in [4.78, 5) is 29.6. The molecule has 29 heavy (non-hydrogen) atoms. The minimum atomic E-state index is -0.258. The second kappa shape index (κ2) is 8.84. The van der Waals surface area contributed by atoms with Gasteiger partial charge in [-0.2, -0.15) is 0 Å². The van der Waals surface area contributed by atoms with Gasteiger partial charge in [0.15, 0.2) is 11.5 Å². The highest BCUT2D eigenvalue weighted by molar-refractivity contribution is 7.10. The number of benzene rings is 1. The average Bonchev–Trinajstić information content (AvgIpc) is 3.39. The van der Waals surface area contributed by atoms with Crippen molar-refractivity contribution in [1.82, 2.24) is 15.1 Å². The predicted octanol–water partition coefficient (Wildman–Crippen LogP) is 2.39. The fourth-order valence-corrected chi connectivity index (χ4v) is 4.49. The molecule has 0 bridgehead atoms. The average molecular weight is 416 g/mol. The summed E-state index contributed by atoms with van der Waals surface area (Å²) in [5, 5.41) is 4.87. The zero-order chi connectivity index (χ0) is 20.2. The molecule has 2 aromatic rings. The van der Waals surface area contributed by atoms with Gasteiger partial charge in [-0.25, -0.2) is 0 Å². The molecular weight excluding hydrogens is 390 g/mol. The predicted molar refractivity (Wildman–Crippen MR) is 110 cm³/mol. The first kappa shape index (κ1) is 19.7. The third-order valence-electron chi connectivity index (χ3n) is 5.21. The largest absolute Gasteiger partial charge is 0.454 e. The summed E-state index contributed by atoms with van der Waals surface area (Å²) in [6, 6.07) is 9.68. The number of fused-ring (bicyclic) bond motifs is 1. The van der Waals surface area contributed by atoms with Gasteiger partial charge in [0.2, 0.25) is 18.6 Å². The van der Waals surface area contributed by atoms with E-state index < -0.39 is 0 Å². The fourth-order valence-electron chi connectivity index (χ4n) is 3.71. The zero-order valence-electron chi connectivity index (χ0n) is 16.4. The highest BCUT2D eigenvalue weighted by Gasteiger charge is 2.25. The number of carbonyl (C=O) groups excluding carboxylic acids is 2. The number of carbonyl (C=O) groups is 2. The molecule has 0 saturated carbocycles. The SMILES string of the molecule is CC(=O)N[C@@H](CC(=O)N1CCN(Cc2ccc3c(c2)OCO3)CC1)c1cccs1. The minimum Gasteiger partial charge on any atom is -0.454 e. The molecule has 4 rings (SSSR count). The molecule has 8 heteroatoms. The summed E-state index contributed by atoms with van der Waals surface area (Å²) < 4.78 is 10.8. The molecule has 154 valence electrons. The fraction of sp³-hybridized carbons (Fsp3) is 0.429. The van der Waals surface area contributed by atoms with Crippen molar-refractivity contribution in [2.45, 2.75) is 25.9 Å². The molecule has 0 radical (unpaired) electrons. The van der Waals surface area contributed by atoms with Crippen LogP contribution in [-0.4, -0.2) is 54.6 Å². The van der Waals surface area contributed by atoms with E-state index >= 15 is 0 Å². The first-order valence-corrected chi connectivity index (χ1v) is 10.7. The standard InChI is InChI=1S/C21H25N3O4S/c1-15(25)22-17(20-3-2-10-29-20)12-21(26)24-8-6-23(7-9-24)13-16-4-5-18-19(11-16)28-14-27-18/h2-5,10-11,17H,6-9,12-14H2,1H3,(H,22,25)/t17-/m0/s1. The van der Waals surface area contributed by atoms with Crippen LogP contribution in [0.25, 0.3) is 0 Å². The monoisotopic (exact) mass is 415 g/mol. The van der Waals surface area contributed by atoms with Crippen LogP contribution in [-0.2, 0) is 16.1 Å². The molecule has 2 amide bonds. The molecule has 1 N–H and O–H groups in total. The van der Waals surface area contributed by atoms with Gasteiger partial charge in [0, 0.05) is 44.5 Å². The number of amides is 2. The molecule has 1 aromatic heterocycles. The van der Waals surface area contributed by atoms with Crippen LogP contribution in [0, 0.1) is 0 Å². The van der Waals surface area contributed by atoms with Crippen LogP contribution >= 0.6 is 11.3 Å². The van der Waals surface area contributed by atoms with Crippen LogP contribution in [0.3, 0.4) is 0 Å². The van der Waals surface area contributed by atoms with Crippen molar-refractivity contribution in [1.29, 1.82) is 0 Å². The summed E-state index contributed by atoms with van der Waals surface area (Å²) in [5.41, 5.74) is 1.18. The summed E-state index contributed by atoms with van der Waals surface area (Å²) in [7, 11) is 0. The molecule has 0 aliphatic carbocycles. The first-order chi connectivity index (χ1) is 14.1. The van der Waals surface area contributed by atoms with E-state index in [0.717, 1.165) is 36.0 Å². The zero-order valence-corrected chi connectivity index (χ0v) is 17.2. The van der Waals surface area contributed by atoms with Crippen LogP contribution < -0.4 is 14.8 Å². The first-order valence-electron chi connectivity index (χ1n) is 9.77. The lowest BCUT2D eigenvalue weighted by atomic mass is 10.1. The third kappa shape index (κ3) is 4.89. The second-order valence-corrected chi connectivity index (χ2v) is 8.30. The van der Waals surface area contributed by atoms with Gasteiger partial charge in [0.25, 0.3) is 0 Å². The van der Waals surface area contributed by atoms with Gasteiger partial charge in [-0.15, -0.1) is 11.3 Å². The number of nitrogens with zero attached hydrogens (tertiary/aromatic N) is 2. The Morgan fingerprint density at radius 2 is 1.93 bits per heavy atom. The van der Waals surface area contributed by atoms with E-state index in [1.807, 2.05) is 34.5 Å². The van der Waals surface area contributed by atoms with Gasteiger partial charge < -0.3 is 19.7 Å². The summed E-state index contributed by atoms with van der Waals surface area (Å²) in [6.45, 7) is 5.63. The second-order valence-electron chi connectivity index (χ2n) is 7.32. The van der Waals surface area contributed by atoms with Gasteiger partial charge in [-0.3, -0.25) is 14.5 Å². The molecule has 0 spiro atoms. The molecule has 1 atom stereocenters. The van der Waals surface area contributed by atoms with E-state index in [1.165, 1.54) is 12.5 Å². The van der Waals surface area contributed by atoms with Crippen LogP contribution in [0.2, 0.25) is 0 Å². The van der Waals surface area contributed by atoms with Crippen molar-refractivity contribution in [3.63, 3.8) is 0 Å². The molecule has 3 heterocycles. The molecule has 0 unspecified atom stereocenters. The third-order valence-corrected chi connectivity index (χ3v) is 6.20. The van der Waals surface area contributed by atoms with Crippen molar-refractivity contribution in [2.24, 2.45) is 0 Å². The maximum absolute atomic E-state index is 12.8. The van der Waals surface area contributed by atoms with E-state index in [4.69, 9.17) is 9.47 Å². The van der Waals surface area contributed by atoms with Crippen molar-refractivity contribution in [3.05, 3.63) is 46.2 Å².